The van der Waals surface area contributed by atoms with Gasteiger partial charge in [-0.1, -0.05) is 54.0 Å². The fraction of sp³-hybridized carbons (Fsp3) is 0.286. The number of carbonyl (C=O) groups excluding carboxylic acids is 1. The summed E-state index contributed by atoms with van der Waals surface area (Å²) in [5, 5.41) is 4.36. The second-order valence-corrected chi connectivity index (χ2v) is 7.19. The van der Waals surface area contributed by atoms with E-state index < -0.39 is 5.82 Å². The first-order valence-electron chi connectivity index (χ1n) is 9.22. The molecule has 0 N–H and O–H groups in total. The number of likely N-dealkylation sites (tertiary alicyclic amines) is 1. The molecule has 1 unspecified atom stereocenters. The van der Waals surface area contributed by atoms with Gasteiger partial charge < -0.3 is 9.42 Å². The third-order valence-corrected chi connectivity index (χ3v) is 5.42. The Morgan fingerprint density at radius 1 is 1.25 bits per heavy atom. The summed E-state index contributed by atoms with van der Waals surface area (Å²) < 4.78 is 19.6. The first kappa shape index (κ1) is 18.6. The molecule has 0 spiro atoms. The van der Waals surface area contributed by atoms with Crippen molar-refractivity contribution in [3.8, 4) is 11.4 Å². The van der Waals surface area contributed by atoms with Crippen molar-refractivity contribution in [1.29, 1.82) is 0 Å². The van der Waals surface area contributed by atoms with E-state index in [-0.39, 0.29) is 18.5 Å². The molecule has 0 saturated carbocycles. The van der Waals surface area contributed by atoms with Crippen LogP contribution in [0.25, 0.3) is 11.4 Å². The number of amides is 1. The van der Waals surface area contributed by atoms with E-state index in [9.17, 15) is 9.18 Å². The Balaban J connectivity index is 1.59. The molecule has 2 aromatic carbocycles. The van der Waals surface area contributed by atoms with Crippen molar-refractivity contribution in [1.82, 2.24) is 15.0 Å². The molecule has 2 heterocycles. The van der Waals surface area contributed by atoms with Crippen LogP contribution in [0.2, 0.25) is 5.02 Å². The van der Waals surface area contributed by atoms with Crippen molar-refractivity contribution in [2.24, 2.45) is 0 Å². The first-order valence-corrected chi connectivity index (χ1v) is 9.60. The van der Waals surface area contributed by atoms with E-state index in [2.05, 4.69) is 17.1 Å². The van der Waals surface area contributed by atoms with Crippen LogP contribution in [0.1, 0.15) is 42.8 Å². The van der Waals surface area contributed by atoms with Gasteiger partial charge in [0.25, 0.3) is 0 Å². The molecule has 1 fully saturated rings. The largest absolute Gasteiger partial charge is 0.337 e. The van der Waals surface area contributed by atoms with Crippen LogP contribution < -0.4 is 0 Å². The number of hydrogen-bond acceptors (Lipinski definition) is 4. The van der Waals surface area contributed by atoms with Gasteiger partial charge in [-0.3, -0.25) is 4.79 Å². The highest BCUT2D eigenvalue weighted by atomic mass is 35.5. The molecule has 1 atom stereocenters. The highest BCUT2D eigenvalue weighted by molar-refractivity contribution is 6.31. The predicted octanol–water partition coefficient (Wildman–Crippen LogP) is 4.96. The average molecular weight is 400 g/mol. The van der Waals surface area contributed by atoms with Gasteiger partial charge in [-0.25, -0.2) is 4.39 Å². The van der Waals surface area contributed by atoms with E-state index in [4.69, 9.17) is 16.1 Å². The second-order valence-electron chi connectivity index (χ2n) is 6.78. The molecule has 0 radical (unpaired) electrons. The van der Waals surface area contributed by atoms with Crippen LogP contribution in [0, 0.1) is 5.82 Å². The number of nitrogens with zero attached hydrogens (tertiary/aromatic N) is 3. The molecule has 7 heteroatoms. The molecular formula is C21H19ClFN3O2. The zero-order valence-corrected chi connectivity index (χ0v) is 16.1. The van der Waals surface area contributed by atoms with E-state index in [0.29, 0.717) is 35.1 Å². The molecule has 1 aliphatic heterocycles. The number of aromatic nitrogens is 2. The van der Waals surface area contributed by atoms with Crippen LogP contribution in [0.15, 0.2) is 47.0 Å². The van der Waals surface area contributed by atoms with Crippen LogP contribution in [-0.2, 0) is 17.8 Å². The van der Waals surface area contributed by atoms with Gasteiger partial charge >= 0.3 is 0 Å². The van der Waals surface area contributed by atoms with Gasteiger partial charge in [0.1, 0.15) is 11.9 Å². The lowest BCUT2D eigenvalue weighted by atomic mass is 10.1. The van der Waals surface area contributed by atoms with E-state index in [1.165, 1.54) is 11.6 Å². The lowest BCUT2D eigenvalue weighted by molar-refractivity contribution is -0.130. The maximum atomic E-state index is 14.2. The fourth-order valence-corrected chi connectivity index (χ4v) is 3.64. The van der Waals surface area contributed by atoms with E-state index in [0.717, 1.165) is 12.0 Å². The topological polar surface area (TPSA) is 59.2 Å². The summed E-state index contributed by atoms with van der Waals surface area (Å²) in [7, 11) is 0. The summed E-state index contributed by atoms with van der Waals surface area (Å²) in [4.78, 5) is 18.5. The number of carbonyl (C=O) groups is 1. The Labute approximate surface area is 167 Å². The minimum Gasteiger partial charge on any atom is -0.337 e. The van der Waals surface area contributed by atoms with Gasteiger partial charge in [-0.05, 0) is 30.5 Å². The molecule has 28 heavy (non-hydrogen) atoms. The SMILES string of the molecule is CCc1ccc(-c2noc(C3CCC(=O)N3Cc3c(F)cccc3Cl)n2)cc1. The molecule has 1 saturated heterocycles. The minimum atomic E-state index is -0.437. The summed E-state index contributed by atoms with van der Waals surface area (Å²) in [6.07, 6.45) is 1.84. The van der Waals surface area contributed by atoms with Gasteiger partial charge in [-0.2, -0.15) is 4.98 Å². The van der Waals surface area contributed by atoms with Crippen molar-refractivity contribution < 1.29 is 13.7 Å². The third-order valence-electron chi connectivity index (χ3n) is 5.07. The maximum Gasteiger partial charge on any atom is 0.249 e. The number of aryl methyl sites for hydroxylation is 1. The normalized spacial score (nSPS) is 16.8. The molecule has 1 aliphatic rings. The van der Waals surface area contributed by atoms with Crippen LogP contribution in [0.5, 0.6) is 0 Å². The summed E-state index contributed by atoms with van der Waals surface area (Å²) in [6.45, 7) is 2.16. The molecule has 0 bridgehead atoms. The number of benzene rings is 2. The summed E-state index contributed by atoms with van der Waals surface area (Å²) >= 11 is 6.13. The highest BCUT2D eigenvalue weighted by Gasteiger charge is 2.36. The molecule has 0 aliphatic carbocycles. The van der Waals surface area contributed by atoms with E-state index in [1.54, 1.807) is 17.0 Å². The Morgan fingerprint density at radius 2 is 2.04 bits per heavy atom. The lowest BCUT2D eigenvalue weighted by Gasteiger charge is -2.22. The third kappa shape index (κ3) is 3.52. The number of hydrogen-bond donors (Lipinski definition) is 0. The van der Waals surface area contributed by atoms with Crippen LogP contribution in [0.3, 0.4) is 0 Å². The van der Waals surface area contributed by atoms with Gasteiger partial charge in [0.2, 0.25) is 17.6 Å². The van der Waals surface area contributed by atoms with Crippen molar-refractivity contribution >= 4 is 17.5 Å². The molecule has 4 rings (SSSR count). The average Bonchev–Trinajstić information content (AvgIpc) is 3.32. The van der Waals surface area contributed by atoms with Gasteiger partial charge in [0.05, 0.1) is 6.54 Å². The van der Waals surface area contributed by atoms with Crippen LogP contribution in [-0.4, -0.2) is 20.9 Å². The van der Waals surface area contributed by atoms with Gasteiger partial charge in [0.15, 0.2) is 0 Å². The second kappa shape index (κ2) is 7.72. The standard InChI is InChI=1S/C21H19ClFN3O2/c1-2-13-6-8-14(9-7-13)20-24-21(28-25-20)18-10-11-19(27)26(18)12-15-16(22)4-3-5-17(15)23/h3-9,18H,2,10-12H2,1H3. The zero-order chi connectivity index (χ0) is 19.7. The summed E-state index contributed by atoms with van der Waals surface area (Å²) in [5.41, 5.74) is 2.36. The molecule has 5 nitrogen and oxygen atoms in total. The number of halogens is 2. The zero-order valence-electron chi connectivity index (χ0n) is 15.4. The highest BCUT2D eigenvalue weighted by Crippen LogP contribution is 2.35. The Hall–Kier alpha value is -2.73. The van der Waals surface area contributed by atoms with E-state index in [1.807, 2.05) is 24.3 Å². The molecule has 3 aromatic rings. The summed E-state index contributed by atoms with van der Waals surface area (Å²) in [5.74, 6) is 0.304. The first-order chi connectivity index (χ1) is 13.6. The van der Waals surface area contributed by atoms with Crippen molar-refractivity contribution in [2.45, 2.75) is 38.8 Å². The van der Waals surface area contributed by atoms with Gasteiger partial charge in [0, 0.05) is 22.6 Å². The smallest absolute Gasteiger partial charge is 0.249 e. The molecule has 1 amide bonds. The minimum absolute atomic E-state index is 0.0674. The van der Waals surface area contributed by atoms with Crippen molar-refractivity contribution in [3.05, 3.63) is 70.3 Å². The van der Waals surface area contributed by atoms with Crippen LogP contribution in [0.4, 0.5) is 4.39 Å². The van der Waals surface area contributed by atoms with E-state index >= 15 is 0 Å². The molecule has 144 valence electrons. The van der Waals surface area contributed by atoms with Gasteiger partial charge in [-0.15, -0.1) is 0 Å². The van der Waals surface area contributed by atoms with Crippen molar-refractivity contribution in [3.63, 3.8) is 0 Å². The molecule has 1 aromatic heterocycles. The van der Waals surface area contributed by atoms with Crippen LogP contribution >= 0.6 is 11.6 Å². The summed E-state index contributed by atoms with van der Waals surface area (Å²) in [6, 6.07) is 12.0. The Kier molecular flexibility index (Phi) is 5.13. The molecular weight excluding hydrogens is 381 g/mol. The Morgan fingerprint density at radius 3 is 2.75 bits per heavy atom. The quantitative estimate of drug-likeness (QED) is 0.608. The number of rotatable bonds is 5. The maximum absolute atomic E-state index is 14.2. The van der Waals surface area contributed by atoms with Crippen molar-refractivity contribution in [2.75, 3.05) is 0 Å². The predicted molar refractivity (Wildman–Crippen MR) is 103 cm³/mol. The Bertz CT molecular complexity index is 983. The fourth-order valence-electron chi connectivity index (χ4n) is 3.42. The monoisotopic (exact) mass is 399 g/mol. The lowest BCUT2D eigenvalue weighted by Crippen LogP contribution is -2.28.